The van der Waals surface area contributed by atoms with Crippen molar-refractivity contribution in [3.05, 3.63) is 83.1 Å². The smallest absolute Gasteiger partial charge is 0.338 e. The molecule has 7 rings (SSSR count). The molecule has 0 aliphatic carbocycles. The zero-order chi connectivity index (χ0) is 32.5. The van der Waals surface area contributed by atoms with Crippen molar-refractivity contribution in [2.24, 2.45) is 0 Å². The summed E-state index contributed by atoms with van der Waals surface area (Å²) in [5, 5.41) is 0. The lowest BCUT2D eigenvalue weighted by atomic mass is 9.93. The van der Waals surface area contributed by atoms with E-state index in [4.69, 9.17) is 28.6 Å². The summed E-state index contributed by atoms with van der Waals surface area (Å²) in [7, 11) is 0. The van der Waals surface area contributed by atoms with Gasteiger partial charge in [-0.15, -0.1) is 0 Å². The van der Waals surface area contributed by atoms with Gasteiger partial charge in [-0.3, -0.25) is 4.90 Å². The predicted molar refractivity (Wildman–Crippen MR) is 178 cm³/mol. The molecule has 0 radical (unpaired) electrons. The normalized spacial score (nSPS) is 17.7. The van der Waals surface area contributed by atoms with Gasteiger partial charge in [0.05, 0.1) is 35.8 Å². The Kier molecular flexibility index (Phi) is 8.72. The fraction of sp³-hybridized carbons (Fsp3) is 0.459. The van der Waals surface area contributed by atoms with Gasteiger partial charge in [-0.2, -0.15) is 0 Å². The monoisotopic (exact) mass is 637 g/mol. The summed E-state index contributed by atoms with van der Waals surface area (Å²) in [6.07, 6.45) is 3.98. The van der Waals surface area contributed by atoms with Crippen molar-refractivity contribution < 1.29 is 23.4 Å². The molecule has 2 aliphatic heterocycles. The molecule has 3 aromatic heterocycles. The number of aromatic nitrogens is 4. The maximum absolute atomic E-state index is 12.8. The van der Waals surface area contributed by atoms with Crippen LogP contribution in [-0.4, -0.2) is 61.8 Å². The number of fused-ring (bicyclic) bond motifs is 2. The Bertz CT molecular complexity index is 1880. The molecule has 5 aromatic rings. The van der Waals surface area contributed by atoms with E-state index in [0.29, 0.717) is 24.0 Å². The number of oxazole rings is 1. The van der Waals surface area contributed by atoms with Crippen molar-refractivity contribution in [3.8, 4) is 5.88 Å². The van der Waals surface area contributed by atoms with Gasteiger partial charge in [-0.1, -0.05) is 19.1 Å². The van der Waals surface area contributed by atoms with Gasteiger partial charge in [0.1, 0.15) is 23.5 Å². The molecule has 0 saturated carbocycles. The molecule has 0 unspecified atom stereocenters. The maximum Gasteiger partial charge on any atom is 0.338 e. The van der Waals surface area contributed by atoms with E-state index in [1.54, 1.807) is 0 Å². The van der Waals surface area contributed by atoms with E-state index in [-0.39, 0.29) is 12.1 Å². The van der Waals surface area contributed by atoms with Gasteiger partial charge >= 0.3 is 5.97 Å². The zero-order valence-electron chi connectivity index (χ0n) is 27.7. The number of carbonyl (C=O) groups is 1. The molecular weight excluding hydrogens is 594 g/mol. The average Bonchev–Trinajstić information content (AvgIpc) is 3.61. The van der Waals surface area contributed by atoms with Crippen LogP contribution in [0, 0.1) is 0 Å². The Morgan fingerprint density at radius 1 is 0.979 bits per heavy atom. The Balaban J connectivity index is 0.998. The van der Waals surface area contributed by atoms with Crippen molar-refractivity contribution in [1.29, 1.82) is 0 Å². The molecule has 0 bridgehead atoms. The molecule has 10 nitrogen and oxygen atoms in total. The maximum atomic E-state index is 12.8. The van der Waals surface area contributed by atoms with Crippen molar-refractivity contribution >= 4 is 28.1 Å². The third-order valence-corrected chi connectivity index (χ3v) is 8.94. The van der Waals surface area contributed by atoms with Crippen LogP contribution in [0.4, 0.5) is 0 Å². The van der Waals surface area contributed by atoms with E-state index < -0.39 is 5.60 Å². The zero-order valence-corrected chi connectivity index (χ0v) is 27.7. The Labute approximate surface area is 275 Å². The second-order valence-electron chi connectivity index (χ2n) is 13.6. The van der Waals surface area contributed by atoms with E-state index in [0.717, 1.165) is 104 Å². The van der Waals surface area contributed by atoms with Crippen LogP contribution < -0.4 is 4.74 Å². The highest BCUT2D eigenvalue weighted by Crippen LogP contribution is 2.30. The fourth-order valence-corrected chi connectivity index (χ4v) is 6.33. The van der Waals surface area contributed by atoms with Crippen LogP contribution in [0.15, 0.2) is 59.0 Å². The van der Waals surface area contributed by atoms with Crippen LogP contribution in [0.25, 0.3) is 22.1 Å². The lowest BCUT2D eigenvalue weighted by Gasteiger charge is -2.32. The number of imidazole rings is 1. The number of esters is 1. The van der Waals surface area contributed by atoms with Gasteiger partial charge in [-0.25, -0.2) is 19.7 Å². The first kappa shape index (κ1) is 31.3. The van der Waals surface area contributed by atoms with E-state index >= 15 is 0 Å². The standard InChI is InChI=1S/C37H43N5O5/c1-5-34-40-30-11-9-24(19-32(30)46-34)23-45-35-8-6-7-28(39-35)25-13-16-41(17-14-25)22-33-38-29-12-10-26(36(43)47-37(2,3)4)20-31(29)42(33)21-27-15-18-44-27/h6-12,19-20,25,27H,5,13-18,21-23H2,1-4H3/t27-/m0/s1. The molecule has 0 spiro atoms. The largest absolute Gasteiger partial charge is 0.473 e. The molecule has 2 aliphatic rings. The Morgan fingerprint density at radius 3 is 2.53 bits per heavy atom. The number of pyridine rings is 1. The minimum absolute atomic E-state index is 0.168. The van der Waals surface area contributed by atoms with E-state index in [2.05, 4.69) is 20.5 Å². The molecule has 246 valence electrons. The number of likely N-dealkylation sites (tertiary alicyclic amines) is 1. The minimum atomic E-state index is -0.555. The van der Waals surface area contributed by atoms with Gasteiger partial charge in [0.2, 0.25) is 5.88 Å². The minimum Gasteiger partial charge on any atom is -0.473 e. The third kappa shape index (κ3) is 7.18. The number of piperidine rings is 1. The number of ether oxygens (including phenoxy) is 3. The lowest BCUT2D eigenvalue weighted by molar-refractivity contribution is -0.0592. The van der Waals surface area contributed by atoms with Crippen LogP contribution in [0.1, 0.15) is 86.2 Å². The highest BCUT2D eigenvalue weighted by Gasteiger charge is 2.27. The van der Waals surface area contributed by atoms with Gasteiger partial charge in [0, 0.05) is 30.7 Å². The molecule has 2 saturated heterocycles. The number of aryl methyl sites for hydroxylation is 1. The van der Waals surface area contributed by atoms with E-state index in [1.807, 2.05) is 76.2 Å². The van der Waals surface area contributed by atoms with Gasteiger partial charge in [0.25, 0.3) is 0 Å². The summed E-state index contributed by atoms with van der Waals surface area (Å²) in [6.45, 7) is 12.2. The molecule has 10 heteroatoms. The Morgan fingerprint density at radius 2 is 1.79 bits per heavy atom. The van der Waals surface area contributed by atoms with Gasteiger partial charge in [0.15, 0.2) is 11.5 Å². The molecule has 5 heterocycles. The molecule has 47 heavy (non-hydrogen) atoms. The van der Waals surface area contributed by atoms with Crippen LogP contribution >= 0.6 is 0 Å². The van der Waals surface area contributed by atoms with Crippen molar-refractivity contribution in [3.63, 3.8) is 0 Å². The second-order valence-corrected chi connectivity index (χ2v) is 13.6. The number of carbonyl (C=O) groups excluding carboxylic acids is 1. The summed E-state index contributed by atoms with van der Waals surface area (Å²) in [5.41, 5.74) is 5.56. The van der Waals surface area contributed by atoms with Gasteiger partial charge in [-0.05, 0) is 95.1 Å². The molecular formula is C37H43N5O5. The van der Waals surface area contributed by atoms with Crippen LogP contribution in [0.3, 0.4) is 0 Å². The highest BCUT2D eigenvalue weighted by atomic mass is 16.6. The number of hydrogen-bond donors (Lipinski definition) is 0. The first-order valence-electron chi connectivity index (χ1n) is 16.8. The molecule has 1 atom stereocenters. The Hall–Kier alpha value is -4.28. The summed E-state index contributed by atoms with van der Waals surface area (Å²) in [6, 6.07) is 17.7. The highest BCUT2D eigenvalue weighted by molar-refractivity contribution is 5.94. The second kappa shape index (κ2) is 13.1. The van der Waals surface area contributed by atoms with Crippen LogP contribution in [0.2, 0.25) is 0 Å². The first-order valence-corrected chi connectivity index (χ1v) is 16.8. The summed E-state index contributed by atoms with van der Waals surface area (Å²) < 4.78 is 25.6. The first-order chi connectivity index (χ1) is 22.7. The quantitative estimate of drug-likeness (QED) is 0.152. The van der Waals surface area contributed by atoms with Crippen LogP contribution in [-0.2, 0) is 35.6 Å². The van der Waals surface area contributed by atoms with Crippen molar-refractivity contribution in [1.82, 2.24) is 24.4 Å². The van der Waals surface area contributed by atoms with Crippen molar-refractivity contribution in [2.75, 3.05) is 19.7 Å². The van der Waals surface area contributed by atoms with E-state index in [1.165, 1.54) is 0 Å². The number of rotatable bonds is 10. The van der Waals surface area contributed by atoms with Gasteiger partial charge < -0.3 is 23.2 Å². The van der Waals surface area contributed by atoms with E-state index in [9.17, 15) is 4.79 Å². The molecule has 0 N–H and O–H groups in total. The summed E-state index contributed by atoms with van der Waals surface area (Å²) in [5.74, 6) is 2.42. The number of benzene rings is 2. The van der Waals surface area contributed by atoms with Crippen LogP contribution in [0.5, 0.6) is 5.88 Å². The SMILES string of the molecule is CCc1nc2ccc(COc3cccc(C4CCN(Cc5nc6ccc(C(=O)OC(C)(C)C)cc6n5C[C@@H]5CCO5)CC4)n3)cc2o1. The number of hydrogen-bond acceptors (Lipinski definition) is 9. The third-order valence-electron chi connectivity index (χ3n) is 8.94. The fourth-order valence-electron chi connectivity index (χ4n) is 6.33. The average molecular weight is 638 g/mol. The molecule has 2 aromatic carbocycles. The topological polar surface area (TPSA) is 105 Å². The van der Waals surface area contributed by atoms with Crippen molar-refractivity contribution in [2.45, 2.75) is 90.7 Å². The number of nitrogens with zero attached hydrogens (tertiary/aromatic N) is 5. The summed E-state index contributed by atoms with van der Waals surface area (Å²) in [4.78, 5) is 29.7. The summed E-state index contributed by atoms with van der Waals surface area (Å²) >= 11 is 0. The lowest BCUT2D eigenvalue weighted by Crippen LogP contribution is -2.35. The molecule has 2 fully saturated rings. The molecule has 0 amide bonds. The predicted octanol–water partition coefficient (Wildman–Crippen LogP) is 6.84.